The lowest BCUT2D eigenvalue weighted by Gasteiger charge is -2.32. The summed E-state index contributed by atoms with van der Waals surface area (Å²) < 4.78 is 26.7. The van der Waals surface area contributed by atoms with Crippen molar-refractivity contribution in [1.29, 1.82) is 0 Å². The third-order valence-corrected chi connectivity index (χ3v) is 9.02. The van der Waals surface area contributed by atoms with Crippen LogP contribution in [-0.2, 0) is 39.0 Å². The van der Waals surface area contributed by atoms with Crippen LogP contribution in [0.4, 0.5) is 5.69 Å². The summed E-state index contributed by atoms with van der Waals surface area (Å²) in [7, 11) is -3.58. The van der Waals surface area contributed by atoms with Gasteiger partial charge < -0.3 is 10.2 Å². The quantitative estimate of drug-likeness (QED) is 0.177. The molecule has 0 aromatic heterocycles. The van der Waals surface area contributed by atoms with Crippen molar-refractivity contribution in [3.05, 3.63) is 99.5 Å². The smallest absolute Gasteiger partial charge is 0.243 e. The van der Waals surface area contributed by atoms with Crippen LogP contribution in [0.15, 0.2) is 72.8 Å². The number of hydrogen-bond donors (Lipinski definition) is 1. The number of unbranched alkanes of at least 4 members (excludes halogenated alkanes) is 1. The topological polar surface area (TPSA) is 86.8 Å². The van der Waals surface area contributed by atoms with E-state index in [1.165, 1.54) is 4.31 Å². The molecule has 10 heteroatoms. The number of rotatable bonds is 16. The summed E-state index contributed by atoms with van der Waals surface area (Å²) in [5.74, 6) is -0.517. The molecule has 0 aliphatic rings. The maximum Gasteiger partial charge on any atom is 0.243 e. The molecule has 0 saturated heterocycles. The zero-order valence-corrected chi connectivity index (χ0v) is 27.4. The van der Waals surface area contributed by atoms with E-state index in [9.17, 15) is 18.0 Å². The Balaban J connectivity index is 1.89. The van der Waals surface area contributed by atoms with Crippen LogP contribution in [0, 0.1) is 0 Å². The predicted octanol–water partition coefficient (Wildman–Crippen LogP) is 6.66. The van der Waals surface area contributed by atoms with Gasteiger partial charge in [-0.1, -0.05) is 92.0 Å². The van der Waals surface area contributed by atoms with Gasteiger partial charge in [0.25, 0.3) is 0 Å². The van der Waals surface area contributed by atoms with E-state index in [1.807, 2.05) is 56.3 Å². The molecule has 7 nitrogen and oxygen atoms in total. The van der Waals surface area contributed by atoms with E-state index in [1.54, 1.807) is 35.2 Å². The van der Waals surface area contributed by atoms with E-state index in [4.69, 9.17) is 23.2 Å². The second-order valence-electron chi connectivity index (χ2n) is 10.6. The maximum absolute atomic E-state index is 14.0. The second-order valence-corrected chi connectivity index (χ2v) is 13.3. The number of nitrogens with one attached hydrogen (secondary N) is 1. The Hall–Kier alpha value is -3.07. The van der Waals surface area contributed by atoms with Gasteiger partial charge >= 0.3 is 0 Å². The first-order chi connectivity index (χ1) is 20.5. The number of benzene rings is 3. The molecule has 0 fully saturated rings. The number of amides is 2. The first-order valence-corrected chi connectivity index (χ1v) is 17.3. The molecule has 3 rings (SSSR count). The van der Waals surface area contributed by atoms with Gasteiger partial charge in [0.05, 0.1) is 11.9 Å². The molecule has 0 aliphatic carbocycles. The fraction of sp³-hybridized carbons (Fsp3) is 0.394. The van der Waals surface area contributed by atoms with E-state index in [-0.39, 0.29) is 37.7 Å². The number of carbonyl (C=O) groups is 2. The van der Waals surface area contributed by atoms with Gasteiger partial charge in [0.15, 0.2) is 0 Å². The molecular weight excluding hydrogens is 605 g/mol. The van der Waals surface area contributed by atoms with Crippen LogP contribution in [-0.4, -0.2) is 50.5 Å². The number of anilines is 1. The summed E-state index contributed by atoms with van der Waals surface area (Å²) in [6.45, 7) is 4.81. The van der Waals surface area contributed by atoms with E-state index in [2.05, 4.69) is 5.32 Å². The summed E-state index contributed by atoms with van der Waals surface area (Å²) in [6, 6.07) is 21.2. The van der Waals surface area contributed by atoms with Gasteiger partial charge in [-0.3, -0.25) is 13.9 Å². The predicted molar refractivity (Wildman–Crippen MR) is 176 cm³/mol. The monoisotopic (exact) mass is 645 g/mol. The Kier molecular flexibility index (Phi) is 13.4. The highest BCUT2D eigenvalue weighted by atomic mass is 35.5. The Bertz CT molecular complexity index is 1450. The van der Waals surface area contributed by atoms with E-state index < -0.39 is 16.1 Å². The Labute approximate surface area is 266 Å². The molecule has 1 atom stereocenters. The minimum atomic E-state index is -3.58. The zero-order valence-electron chi connectivity index (χ0n) is 25.1. The van der Waals surface area contributed by atoms with Crippen molar-refractivity contribution in [3.8, 4) is 0 Å². The lowest BCUT2D eigenvalue weighted by Crippen LogP contribution is -2.50. The van der Waals surface area contributed by atoms with Crippen LogP contribution in [0.5, 0.6) is 0 Å². The van der Waals surface area contributed by atoms with E-state index >= 15 is 0 Å². The number of hydrogen-bond acceptors (Lipinski definition) is 4. The van der Waals surface area contributed by atoms with Crippen LogP contribution in [0.3, 0.4) is 0 Å². The SMILES string of the molecule is CCCCNC(=O)[C@H](Cc1ccccc1)N(Cc1ccc(Cl)cc1Cl)C(=O)CCCN(c1ccc(CC)cc1)S(C)(=O)=O. The molecule has 3 aromatic rings. The molecule has 2 amide bonds. The van der Waals surface area contributed by atoms with Gasteiger partial charge in [0, 0.05) is 42.5 Å². The number of carbonyl (C=O) groups excluding carboxylic acids is 2. The molecule has 43 heavy (non-hydrogen) atoms. The lowest BCUT2D eigenvalue weighted by molar-refractivity contribution is -0.141. The average Bonchev–Trinajstić information content (AvgIpc) is 2.98. The standard InChI is InChI=1S/C33H41Cl2N3O4S/c1-4-6-20-36-33(40)31(22-26-11-8-7-9-12-26)37(24-27-16-17-28(34)23-30(27)35)32(39)13-10-21-38(43(3,41)42)29-18-14-25(5-2)15-19-29/h7-9,11-12,14-19,23,31H,4-6,10,13,20-22,24H2,1-3H3,(H,36,40)/t31-/m0/s1. The lowest BCUT2D eigenvalue weighted by atomic mass is 10.0. The number of sulfonamides is 1. The second kappa shape index (κ2) is 16.7. The van der Waals surface area contributed by atoms with Crippen molar-refractivity contribution >= 4 is 50.7 Å². The highest BCUT2D eigenvalue weighted by Crippen LogP contribution is 2.25. The number of aryl methyl sites for hydroxylation is 1. The van der Waals surface area contributed by atoms with Crippen LogP contribution in [0.25, 0.3) is 0 Å². The summed E-state index contributed by atoms with van der Waals surface area (Å²) in [4.78, 5) is 29.1. The van der Waals surface area contributed by atoms with Gasteiger partial charge in [-0.15, -0.1) is 0 Å². The minimum Gasteiger partial charge on any atom is -0.354 e. The van der Waals surface area contributed by atoms with Gasteiger partial charge in [-0.25, -0.2) is 8.42 Å². The summed E-state index contributed by atoms with van der Waals surface area (Å²) in [6.07, 6.45) is 4.37. The fourth-order valence-electron chi connectivity index (χ4n) is 4.80. The summed E-state index contributed by atoms with van der Waals surface area (Å²) in [5.41, 5.74) is 3.23. The van der Waals surface area contributed by atoms with Gasteiger partial charge in [0.2, 0.25) is 21.8 Å². The van der Waals surface area contributed by atoms with Crippen LogP contribution < -0.4 is 9.62 Å². The third-order valence-electron chi connectivity index (χ3n) is 7.24. The number of nitrogens with zero attached hydrogens (tertiary/aromatic N) is 2. The highest BCUT2D eigenvalue weighted by molar-refractivity contribution is 7.92. The third kappa shape index (κ3) is 10.6. The minimum absolute atomic E-state index is 0.0395. The molecule has 0 unspecified atom stereocenters. The normalized spacial score (nSPS) is 12.0. The van der Waals surface area contributed by atoms with E-state index in [0.717, 1.165) is 36.6 Å². The van der Waals surface area contributed by atoms with Crippen LogP contribution in [0.1, 0.15) is 56.2 Å². The molecular formula is C33H41Cl2N3O4S. The first-order valence-electron chi connectivity index (χ1n) is 14.6. The van der Waals surface area contributed by atoms with Gasteiger partial charge in [0.1, 0.15) is 6.04 Å². The van der Waals surface area contributed by atoms with Crippen molar-refractivity contribution in [2.75, 3.05) is 23.7 Å². The van der Waals surface area contributed by atoms with E-state index in [0.29, 0.717) is 34.3 Å². The molecule has 0 spiro atoms. The van der Waals surface area contributed by atoms with Crippen molar-refractivity contribution < 1.29 is 18.0 Å². The van der Waals surface area contributed by atoms with Crippen molar-refractivity contribution in [1.82, 2.24) is 10.2 Å². The largest absolute Gasteiger partial charge is 0.354 e. The average molecular weight is 647 g/mol. The molecule has 1 N–H and O–H groups in total. The van der Waals surface area contributed by atoms with Crippen molar-refractivity contribution in [2.45, 2.75) is 65.0 Å². The van der Waals surface area contributed by atoms with Crippen LogP contribution in [0.2, 0.25) is 10.0 Å². The summed E-state index contributed by atoms with van der Waals surface area (Å²) >= 11 is 12.6. The molecule has 0 heterocycles. The maximum atomic E-state index is 14.0. The zero-order chi connectivity index (χ0) is 31.4. The molecule has 0 radical (unpaired) electrons. The highest BCUT2D eigenvalue weighted by Gasteiger charge is 2.31. The molecule has 0 aliphatic heterocycles. The molecule has 0 saturated carbocycles. The van der Waals surface area contributed by atoms with Crippen molar-refractivity contribution in [2.24, 2.45) is 0 Å². The summed E-state index contributed by atoms with van der Waals surface area (Å²) in [5, 5.41) is 3.87. The Morgan fingerprint density at radius 2 is 1.60 bits per heavy atom. The van der Waals surface area contributed by atoms with Crippen molar-refractivity contribution in [3.63, 3.8) is 0 Å². The fourth-order valence-corrected chi connectivity index (χ4v) is 6.23. The van der Waals surface area contributed by atoms with Gasteiger partial charge in [-0.2, -0.15) is 0 Å². The molecule has 0 bridgehead atoms. The first kappa shape index (κ1) is 34.4. The Morgan fingerprint density at radius 3 is 2.21 bits per heavy atom. The molecule has 3 aromatic carbocycles. The Morgan fingerprint density at radius 1 is 0.907 bits per heavy atom. The number of halogens is 2. The van der Waals surface area contributed by atoms with Crippen LogP contribution >= 0.6 is 23.2 Å². The molecule has 232 valence electrons. The van der Waals surface area contributed by atoms with Gasteiger partial charge in [-0.05, 0) is 60.2 Å².